The number of aliphatic hydroxyl groups is 1. The Morgan fingerprint density at radius 3 is 2.60 bits per heavy atom. The molecule has 0 saturated heterocycles. The molecular weight excluding hydrogens is 286 g/mol. The Morgan fingerprint density at radius 1 is 1.55 bits per heavy atom. The summed E-state index contributed by atoms with van der Waals surface area (Å²) in [6, 6.07) is 0. The summed E-state index contributed by atoms with van der Waals surface area (Å²) in [6.45, 7) is 2.45. The zero-order valence-electron chi connectivity index (χ0n) is 11.3. The Morgan fingerprint density at radius 2 is 2.15 bits per heavy atom. The number of halogens is 1. The number of aromatic nitrogens is 2. The summed E-state index contributed by atoms with van der Waals surface area (Å²) in [7, 11) is 1.68. The third-order valence-electron chi connectivity index (χ3n) is 2.67. The molecule has 1 unspecified atom stereocenters. The van der Waals surface area contributed by atoms with E-state index in [0.29, 0.717) is 16.4 Å². The molecule has 0 spiro atoms. The van der Waals surface area contributed by atoms with Gasteiger partial charge in [0.15, 0.2) is 5.60 Å². The summed E-state index contributed by atoms with van der Waals surface area (Å²) < 4.78 is 1.48. The number of rotatable bonds is 5. The van der Waals surface area contributed by atoms with Gasteiger partial charge in [-0.3, -0.25) is 9.48 Å². The number of amides is 1. The van der Waals surface area contributed by atoms with Gasteiger partial charge in [-0.05, 0) is 19.9 Å². The summed E-state index contributed by atoms with van der Waals surface area (Å²) in [5.74, 6) is -1.95. The van der Waals surface area contributed by atoms with Gasteiger partial charge in [-0.1, -0.05) is 11.6 Å². The van der Waals surface area contributed by atoms with Crippen LogP contribution in [-0.2, 0) is 16.6 Å². The van der Waals surface area contributed by atoms with Crippen molar-refractivity contribution in [2.24, 2.45) is 7.05 Å². The first-order valence-corrected chi connectivity index (χ1v) is 6.13. The highest BCUT2D eigenvalue weighted by Crippen LogP contribution is 2.19. The maximum atomic E-state index is 11.5. The standard InChI is InChI=1S/C12H16ClN3O4/c1-7-8(10(13)16(3)15-7)4-5-9(17)14-6-12(2,20)11(18)19/h4-5,20H,6H2,1-3H3,(H,14,17)(H,18,19). The highest BCUT2D eigenvalue weighted by atomic mass is 35.5. The number of carboxylic acid groups (broad SMARTS) is 1. The van der Waals surface area contributed by atoms with Crippen molar-refractivity contribution < 1.29 is 19.8 Å². The van der Waals surface area contributed by atoms with Crippen LogP contribution in [0.2, 0.25) is 5.15 Å². The molecule has 1 rings (SSSR count). The average molecular weight is 302 g/mol. The van der Waals surface area contributed by atoms with E-state index < -0.39 is 24.0 Å². The minimum atomic E-state index is -2.01. The predicted molar refractivity (Wildman–Crippen MR) is 73.3 cm³/mol. The van der Waals surface area contributed by atoms with E-state index in [9.17, 15) is 14.7 Å². The minimum absolute atomic E-state index is 0.393. The van der Waals surface area contributed by atoms with Crippen molar-refractivity contribution in [3.63, 3.8) is 0 Å². The van der Waals surface area contributed by atoms with E-state index in [2.05, 4.69) is 10.4 Å². The molecule has 3 N–H and O–H groups in total. The SMILES string of the molecule is Cc1nn(C)c(Cl)c1C=CC(=O)NCC(C)(O)C(=O)O. The van der Waals surface area contributed by atoms with Gasteiger partial charge >= 0.3 is 5.97 Å². The van der Waals surface area contributed by atoms with Crippen LogP contribution < -0.4 is 5.32 Å². The second-order valence-electron chi connectivity index (χ2n) is 4.54. The Kier molecular flexibility index (Phi) is 4.91. The number of carboxylic acids is 1. The first kappa shape index (κ1) is 16.2. The molecule has 0 fully saturated rings. The Labute approximate surface area is 120 Å². The van der Waals surface area contributed by atoms with Gasteiger partial charge in [0, 0.05) is 18.7 Å². The fraction of sp³-hybridized carbons (Fsp3) is 0.417. The van der Waals surface area contributed by atoms with Gasteiger partial charge in [-0.15, -0.1) is 0 Å². The quantitative estimate of drug-likeness (QED) is 0.681. The molecule has 1 amide bonds. The zero-order valence-corrected chi connectivity index (χ0v) is 12.1. The van der Waals surface area contributed by atoms with Crippen LogP contribution >= 0.6 is 11.6 Å². The van der Waals surface area contributed by atoms with E-state index in [1.807, 2.05) is 0 Å². The van der Waals surface area contributed by atoms with Crippen LogP contribution in [0.4, 0.5) is 0 Å². The summed E-state index contributed by atoms with van der Waals surface area (Å²) in [5, 5.41) is 24.9. The first-order valence-electron chi connectivity index (χ1n) is 5.76. The molecule has 0 saturated carbocycles. The number of nitrogens with zero attached hydrogens (tertiary/aromatic N) is 2. The number of carbonyl (C=O) groups is 2. The molecule has 1 heterocycles. The summed E-state index contributed by atoms with van der Waals surface area (Å²) >= 11 is 5.99. The Hall–Kier alpha value is -1.86. The molecule has 110 valence electrons. The van der Waals surface area contributed by atoms with Crippen molar-refractivity contribution in [3.05, 3.63) is 22.5 Å². The van der Waals surface area contributed by atoms with Crippen molar-refractivity contribution in [3.8, 4) is 0 Å². The molecule has 0 aliphatic carbocycles. The average Bonchev–Trinajstić information content (AvgIpc) is 2.59. The molecule has 0 bridgehead atoms. The summed E-state index contributed by atoms with van der Waals surface area (Å²) in [5.41, 5.74) is -0.737. The Bertz CT molecular complexity index is 563. The first-order chi connectivity index (χ1) is 9.15. The Balaban J connectivity index is 2.67. The van der Waals surface area contributed by atoms with Crippen LogP contribution in [0.15, 0.2) is 6.08 Å². The molecule has 7 nitrogen and oxygen atoms in total. The molecule has 0 aliphatic heterocycles. The van der Waals surface area contributed by atoms with E-state index in [-0.39, 0.29) is 0 Å². The molecule has 0 aromatic carbocycles. The van der Waals surface area contributed by atoms with Crippen LogP contribution in [0.3, 0.4) is 0 Å². The molecule has 0 aliphatic rings. The number of aryl methyl sites for hydroxylation is 2. The number of hydrogen-bond donors (Lipinski definition) is 3. The van der Waals surface area contributed by atoms with Gasteiger partial charge < -0.3 is 15.5 Å². The fourth-order valence-corrected chi connectivity index (χ4v) is 1.63. The largest absolute Gasteiger partial charge is 0.479 e. The lowest BCUT2D eigenvalue weighted by atomic mass is 10.1. The number of hydrogen-bond acceptors (Lipinski definition) is 4. The van der Waals surface area contributed by atoms with Crippen LogP contribution in [0, 0.1) is 6.92 Å². The molecule has 20 heavy (non-hydrogen) atoms. The van der Waals surface area contributed by atoms with Crippen molar-refractivity contribution in [2.75, 3.05) is 6.54 Å². The van der Waals surface area contributed by atoms with E-state index >= 15 is 0 Å². The van der Waals surface area contributed by atoms with Gasteiger partial charge in [0.25, 0.3) is 0 Å². The van der Waals surface area contributed by atoms with Crippen molar-refractivity contribution in [1.82, 2.24) is 15.1 Å². The zero-order chi connectivity index (χ0) is 15.5. The third kappa shape index (κ3) is 3.82. The van der Waals surface area contributed by atoms with Crippen LogP contribution in [0.1, 0.15) is 18.2 Å². The van der Waals surface area contributed by atoms with Crippen molar-refractivity contribution in [1.29, 1.82) is 0 Å². The molecule has 0 radical (unpaired) electrons. The highest BCUT2D eigenvalue weighted by Gasteiger charge is 2.29. The molecular formula is C12H16ClN3O4. The number of aliphatic carboxylic acids is 1. The second kappa shape index (κ2) is 6.06. The third-order valence-corrected chi connectivity index (χ3v) is 3.11. The highest BCUT2D eigenvalue weighted by molar-refractivity contribution is 6.31. The second-order valence-corrected chi connectivity index (χ2v) is 4.90. The predicted octanol–water partition coefficient (Wildman–Crippen LogP) is 0.347. The fourth-order valence-electron chi connectivity index (χ4n) is 1.39. The molecule has 8 heteroatoms. The van der Waals surface area contributed by atoms with Crippen LogP contribution in [-0.4, -0.2) is 44.0 Å². The lowest BCUT2D eigenvalue weighted by molar-refractivity contribution is -0.156. The van der Waals surface area contributed by atoms with E-state index in [1.165, 1.54) is 16.8 Å². The number of nitrogens with one attached hydrogen (secondary N) is 1. The van der Waals surface area contributed by atoms with Gasteiger partial charge in [-0.2, -0.15) is 5.10 Å². The van der Waals surface area contributed by atoms with E-state index in [1.54, 1.807) is 14.0 Å². The monoisotopic (exact) mass is 301 g/mol. The van der Waals surface area contributed by atoms with Gasteiger partial charge in [0.1, 0.15) is 5.15 Å². The lowest BCUT2D eigenvalue weighted by Gasteiger charge is -2.17. The maximum Gasteiger partial charge on any atom is 0.337 e. The van der Waals surface area contributed by atoms with Crippen molar-refractivity contribution in [2.45, 2.75) is 19.4 Å². The van der Waals surface area contributed by atoms with Gasteiger partial charge in [0.2, 0.25) is 5.91 Å². The van der Waals surface area contributed by atoms with Crippen LogP contribution in [0.25, 0.3) is 6.08 Å². The molecule has 1 atom stereocenters. The van der Waals surface area contributed by atoms with Crippen molar-refractivity contribution >= 4 is 29.6 Å². The van der Waals surface area contributed by atoms with Crippen LogP contribution in [0.5, 0.6) is 0 Å². The topological polar surface area (TPSA) is 104 Å². The van der Waals surface area contributed by atoms with Gasteiger partial charge in [0.05, 0.1) is 12.2 Å². The maximum absolute atomic E-state index is 11.5. The number of carbonyl (C=O) groups excluding carboxylic acids is 1. The molecule has 1 aromatic rings. The molecule has 1 aromatic heterocycles. The van der Waals surface area contributed by atoms with E-state index in [0.717, 1.165) is 6.92 Å². The minimum Gasteiger partial charge on any atom is -0.479 e. The summed E-state index contributed by atoms with van der Waals surface area (Å²) in [6.07, 6.45) is 2.68. The smallest absolute Gasteiger partial charge is 0.337 e. The summed E-state index contributed by atoms with van der Waals surface area (Å²) in [4.78, 5) is 22.2. The van der Waals surface area contributed by atoms with Gasteiger partial charge in [-0.25, -0.2) is 4.79 Å². The normalized spacial score (nSPS) is 14.2. The van der Waals surface area contributed by atoms with E-state index in [4.69, 9.17) is 16.7 Å². The lowest BCUT2D eigenvalue weighted by Crippen LogP contribution is -2.46.